The average molecular weight is 293 g/mol. The number of hydrogen-bond donors (Lipinski definition) is 1. The number of nitrogens with zero attached hydrogens (tertiary/aromatic N) is 1. The van der Waals surface area contributed by atoms with Gasteiger partial charge in [0.1, 0.15) is 0 Å². The summed E-state index contributed by atoms with van der Waals surface area (Å²) in [7, 11) is 3.06. The standard InChI is InChI=1S/C15H19NO5/c1-9(17)16-7-11(12(8-16)15(18)19)10-5-4-6-13(20-2)14(10)21-3/h4-6,11-12H,7-8H2,1-3H3,(H,18,19)/t11-,12+/m0/s1. The maximum Gasteiger partial charge on any atom is 0.308 e. The normalized spacial score (nSPS) is 21.2. The van der Waals surface area contributed by atoms with Crippen molar-refractivity contribution in [1.82, 2.24) is 4.90 Å². The van der Waals surface area contributed by atoms with Gasteiger partial charge >= 0.3 is 5.97 Å². The summed E-state index contributed by atoms with van der Waals surface area (Å²) in [4.78, 5) is 24.6. The zero-order valence-corrected chi connectivity index (χ0v) is 12.3. The quantitative estimate of drug-likeness (QED) is 0.907. The maximum absolute atomic E-state index is 11.5. The first-order valence-electron chi connectivity index (χ1n) is 6.68. The predicted molar refractivity (Wildman–Crippen MR) is 75.7 cm³/mol. The maximum atomic E-state index is 11.5. The number of rotatable bonds is 4. The van der Waals surface area contributed by atoms with E-state index in [1.54, 1.807) is 17.0 Å². The number of carbonyl (C=O) groups is 2. The van der Waals surface area contributed by atoms with Crippen LogP contribution in [0.4, 0.5) is 0 Å². The van der Waals surface area contributed by atoms with Gasteiger partial charge in [0.05, 0.1) is 20.1 Å². The molecule has 1 saturated heterocycles. The van der Waals surface area contributed by atoms with Crippen molar-refractivity contribution < 1.29 is 24.2 Å². The summed E-state index contributed by atoms with van der Waals surface area (Å²) in [5, 5.41) is 9.42. The fourth-order valence-corrected chi connectivity index (χ4v) is 2.83. The van der Waals surface area contributed by atoms with E-state index >= 15 is 0 Å². The molecule has 6 nitrogen and oxygen atoms in total. The Labute approximate surface area is 123 Å². The van der Waals surface area contributed by atoms with Gasteiger partial charge in [0.2, 0.25) is 5.91 Å². The molecule has 2 rings (SSSR count). The first-order chi connectivity index (χ1) is 9.99. The summed E-state index contributed by atoms with van der Waals surface area (Å²) in [6.07, 6.45) is 0. The Kier molecular flexibility index (Phi) is 4.35. The summed E-state index contributed by atoms with van der Waals surface area (Å²) < 4.78 is 10.6. The highest BCUT2D eigenvalue weighted by atomic mass is 16.5. The minimum atomic E-state index is -0.909. The van der Waals surface area contributed by atoms with E-state index in [9.17, 15) is 14.7 Å². The molecule has 0 aromatic heterocycles. The lowest BCUT2D eigenvalue weighted by Crippen LogP contribution is -2.27. The minimum Gasteiger partial charge on any atom is -0.493 e. The number of benzene rings is 1. The molecule has 2 atom stereocenters. The highest BCUT2D eigenvalue weighted by Gasteiger charge is 2.41. The van der Waals surface area contributed by atoms with E-state index in [-0.39, 0.29) is 18.4 Å². The summed E-state index contributed by atoms with van der Waals surface area (Å²) in [6.45, 7) is 2.04. The number of hydrogen-bond acceptors (Lipinski definition) is 4. The van der Waals surface area contributed by atoms with Crippen LogP contribution in [0.5, 0.6) is 11.5 Å². The van der Waals surface area contributed by atoms with Crippen molar-refractivity contribution in [3.05, 3.63) is 23.8 Å². The number of carbonyl (C=O) groups excluding carboxylic acids is 1. The van der Waals surface area contributed by atoms with Gasteiger partial charge < -0.3 is 19.5 Å². The van der Waals surface area contributed by atoms with Crippen LogP contribution in [0.25, 0.3) is 0 Å². The molecule has 6 heteroatoms. The Bertz CT molecular complexity index is 557. The fourth-order valence-electron chi connectivity index (χ4n) is 2.83. The van der Waals surface area contributed by atoms with Gasteiger partial charge in [-0.25, -0.2) is 0 Å². The third-order valence-corrected chi connectivity index (χ3v) is 3.92. The Balaban J connectivity index is 2.43. The molecule has 1 aromatic carbocycles. The number of aliphatic carboxylic acids is 1. The van der Waals surface area contributed by atoms with Crippen LogP contribution >= 0.6 is 0 Å². The van der Waals surface area contributed by atoms with E-state index < -0.39 is 11.9 Å². The number of likely N-dealkylation sites (tertiary alicyclic amines) is 1. The van der Waals surface area contributed by atoms with E-state index in [4.69, 9.17) is 9.47 Å². The molecule has 114 valence electrons. The molecule has 1 aromatic rings. The minimum absolute atomic E-state index is 0.120. The molecule has 0 spiro atoms. The van der Waals surface area contributed by atoms with Gasteiger partial charge in [0.15, 0.2) is 11.5 Å². The highest BCUT2D eigenvalue weighted by Crippen LogP contribution is 2.41. The molecule has 0 bridgehead atoms. The van der Waals surface area contributed by atoms with E-state index in [0.29, 0.717) is 18.0 Å². The monoisotopic (exact) mass is 293 g/mol. The SMILES string of the molecule is COc1cccc([C@@H]2CN(C(C)=O)C[C@H]2C(=O)O)c1OC. The van der Waals surface area contributed by atoms with Crippen molar-refractivity contribution in [1.29, 1.82) is 0 Å². The lowest BCUT2D eigenvalue weighted by molar-refractivity contribution is -0.141. The van der Waals surface area contributed by atoms with E-state index in [1.807, 2.05) is 6.07 Å². The van der Waals surface area contributed by atoms with Crippen molar-refractivity contribution in [3.63, 3.8) is 0 Å². The largest absolute Gasteiger partial charge is 0.493 e. The van der Waals surface area contributed by atoms with Gasteiger partial charge in [-0.05, 0) is 6.07 Å². The number of amides is 1. The number of carboxylic acids is 1. The molecule has 21 heavy (non-hydrogen) atoms. The summed E-state index contributed by atoms with van der Waals surface area (Å²) in [6, 6.07) is 5.38. The summed E-state index contributed by atoms with van der Waals surface area (Å²) in [5.41, 5.74) is 0.757. The molecule has 1 N–H and O–H groups in total. The van der Waals surface area contributed by atoms with Crippen LogP contribution in [0.3, 0.4) is 0 Å². The number of para-hydroxylation sites is 1. The molecular weight excluding hydrogens is 274 g/mol. The van der Waals surface area contributed by atoms with Crippen molar-refractivity contribution in [2.75, 3.05) is 27.3 Å². The van der Waals surface area contributed by atoms with Crippen LogP contribution in [0.2, 0.25) is 0 Å². The van der Waals surface area contributed by atoms with E-state index in [1.165, 1.54) is 21.1 Å². The Morgan fingerprint density at radius 2 is 1.95 bits per heavy atom. The summed E-state index contributed by atoms with van der Waals surface area (Å²) in [5.74, 6) is -0.896. The molecular formula is C15H19NO5. The molecule has 1 heterocycles. The molecule has 0 aliphatic carbocycles. The molecule has 1 aliphatic rings. The molecule has 0 saturated carbocycles. The third kappa shape index (κ3) is 2.79. The lowest BCUT2D eigenvalue weighted by Gasteiger charge is -2.19. The fraction of sp³-hybridized carbons (Fsp3) is 0.467. The molecule has 1 amide bonds. The lowest BCUT2D eigenvalue weighted by atomic mass is 9.88. The third-order valence-electron chi connectivity index (χ3n) is 3.92. The number of methoxy groups -OCH3 is 2. The van der Waals surface area contributed by atoms with Crippen LogP contribution in [0.1, 0.15) is 18.4 Å². The second-order valence-electron chi connectivity index (χ2n) is 5.06. The van der Waals surface area contributed by atoms with Crippen LogP contribution in [-0.4, -0.2) is 49.2 Å². The Hall–Kier alpha value is -2.24. The van der Waals surface area contributed by atoms with Crippen LogP contribution in [-0.2, 0) is 9.59 Å². The van der Waals surface area contributed by atoms with Gasteiger partial charge in [0.25, 0.3) is 0 Å². The Morgan fingerprint density at radius 1 is 1.24 bits per heavy atom. The van der Waals surface area contributed by atoms with Gasteiger partial charge in [-0.3, -0.25) is 9.59 Å². The summed E-state index contributed by atoms with van der Waals surface area (Å²) >= 11 is 0. The smallest absolute Gasteiger partial charge is 0.308 e. The number of ether oxygens (including phenoxy) is 2. The Morgan fingerprint density at radius 3 is 2.48 bits per heavy atom. The average Bonchev–Trinajstić information content (AvgIpc) is 2.91. The topological polar surface area (TPSA) is 76.1 Å². The number of carboxylic acid groups (broad SMARTS) is 1. The van der Waals surface area contributed by atoms with Crippen LogP contribution in [0, 0.1) is 5.92 Å². The van der Waals surface area contributed by atoms with Crippen molar-refractivity contribution in [3.8, 4) is 11.5 Å². The first kappa shape index (κ1) is 15.2. The van der Waals surface area contributed by atoms with Crippen LogP contribution in [0.15, 0.2) is 18.2 Å². The molecule has 0 unspecified atom stereocenters. The van der Waals surface area contributed by atoms with Crippen LogP contribution < -0.4 is 9.47 Å². The van der Waals surface area contributed by atoms with Gasteiger partial charge in [0, 0.05) is 31.5 Å². The van der Waals surface area contributed by atoms with Gasteiger partial charge in [-0.15, -0.1) is 0 Å². The first-order valence-corrected chi connectivity index (χ1v) is 6.68. The van der Waals surface area contributed by atoms with Crippen molar-refractivity contribution >= 4 is 11.9 Å². The van der Waals surface area contributed by atoms with E-state index in [0.717, 1.165) is 5.56 Å². The molecule has 1 fully saturated rings. The van der Waals surface area contributed by atoms with E-state index in [2.05, 4.69) is 0 Å². The second-order valence-corrected chi connectivity index (χ2v) is 5.06. The molecule has 0 radical (unpaired) electrons. The van der Waals surface area contributed by atoms with Gasteiger partial charge in [-0.2, -0.15) is 0 Å². The molecule has 1 aliphatic heterocycles. The predicted octanol–water partition coefficient (Wildman–Crippen LogP) is 1.35. The highest BCUT2D eigenvalue weighted by molar-refractivity contribution is 5.78. The zero-order valence-electron chi connectivity index (χ0n) is 12.3. The second kappa shape index (κ2) is 6.03. The zero-order chi connectivity index (χ0) is 15.6. The van der Waals surface area contributed by atoms with Crippen molar-refractivity contribution in [2.45, 2.75) is 12.8 Å². The van der Waals surface area contributed by atoms with Crippen molar-refractivity contribution in [2.24, 2.45) is 5.92 Å². The van der Waals surface area contributed by atoms with Gasteiger partial charge in [-0.1, -0.05) is 12.1 Å².